The first-order chi connectivity index (χ1) is 14.8. The Morgan fingerprint density at radius 3 is 2.55 bits per heavy atom. The fraction of sp³-hybridized carbons (Fsp3) is 0.500. The quantitative estimate of drug-likeness (QED) is 0.722. The number of hydrogen-bond acceptors (Lipinski definition) is 6. The van der Waals surface area contributed by atoms with Crippen molar-refractivity contribution in [3.63, 3.8) is 0 Å². The van der Waals surface area contributed by atoms with Crippen LogP contribution in [0.25, 0.3) is 0 Å². The number of carbonyl (C=O) groups is 1. The first-order valence-corrected chi connectivity index (χ1v) is 12.3. The number of fused-ring (bicyclic) bond motifs is 2. The second-order valence-corrected chi connectivity index (χ2v) is 10.6. The van der Waals surface area contributed by atoms with E-state index in [1.165, 1.54) is 5.56 Å². The number of piperazine rings is 1. The third-order valence-corrected chi connectivity index (χ3v) is 8.51. The van der Waals surface area contributed by atoms with Crippen LogP contribution in [0.15, 0.2) is 29.2 Å². The highest BCUT2D eigenvalue weighted by Gasteiger charge is 2.33. The molecule has 0 N–H and O–H groups in total. The van der Waals surface area contributed by atoms with Crippen molar-refractivity contribution < 1.29 is 13.2 Å². The van der Waals surface area contributed by atoms with Crippen molar-refractivity contribution in [1.29, 1.82) is 0 Å². The molecule has 1 fully saturated rings. The van der Waals surface area contributed by atoms with Gasteiger partial charge in [0.05, 0.1) is 10.6 Å². The van der Waals surface area contributed by atoms with Crippen molar-refractivity contribution in [1.82, 2.24) is 14.5 Å². The molecule has 8 nitrogen and oxygen atoms in total. The zero-order valence-electron chi connectivity index (χ0n) is 17.9. The standard InChI is InChI=1S/C22H27N5O3S/c1-15-12-18-13-19(6-7-21(18)27(15)16(2)28)31(29,30)26-10-8-25(9-11-26)22-14-17-4-3-5-20(17)23-24-22/h6-7,13-15H,3-5,8-12H2,1-2H3. The van der Waals surface area contributed by atoms with Gasteiger partial charge in [0, 0.05) is 44.8 Å². The molecule has 0 radical (unpaired) electrons. The predicted octanol–water partition coefficient (Wildman–Crippen LogP) is 1.77. The number of anilines is 2. The highest BCUT2D eigenvalue weighted by molar-refractivity contribution is 7.89. The minimum atomic E-state index is -3.59. The van der Waals surface area contributed by atoms with E-state index in [9.17, 15) is 13.2 Å². The minimum absolute atomic E-state index is 0.0207. The SMILES string of the molecule is CC(=O)N1c2ccc(S(=O)(=O)N3CCN(c4cc5c(nn4)CCC5)CC3)cc2CC1C. The Morgan fingerprint density at radius 2 is 1.81 bits per heavy atom. The van der Waals surface area contributed by atoms with Crippen LogP contribution in [-0.2, 0) is 34.1 Å². The molecule has 1 aromatic carbocycles. The summed E-state index contributed by atoms with van der Waals surface area (Å²) in [7, 11) is -3.59. The smallest absolute Gasteiger partial charge is 0.243 e. The summed E-state index contributed by atoms with van der Waals surface area (Å²) in [5, 5.41) is 8.72. The van der Waals surface area contributed by atoms with E-state index in [0.29, 0.717) is 37.5 Å². The molecule has 0 spiro atoms. The van der Waals surface area contributed by atoms with Gasteiger partial charge in [-0.2, -0.15) is 9.40 Å². The maximum Gasteiger partial charge on any atom is 0.243 e. The number of aromatic nitrogens is 2. The third kappa shape index (κ3) is 3.49. The highest BCUT2D eigenvalue weighted by Crippen LogP contribution is 2.34. The summed E-state index contributed by atoms with van der Waals surface area (Å²) in [6, 6.07) is 7.29. The number of hydrogen-bond donors (Lipinski definition) is 0. The molecule has 3 aliphatic rings. The lowest BCUT2D eigenvalue weighted by Gasteiger charge is -2.34. The largest absolute Gasteiger partial charge is 0.352 e. The summed E-state index contributed by atoms with van der Waals surface area (Å²) < 4.78 is 28.1. The van der Waals surface area contributed by atoms with Crippen molar-refractivity contribution >= 4 is 27.4 Å². The second-order valence-electron chi connectivity index (χ2n) is 8.65. The van der Waals surface area contributed by atoms with Gasteiger partial charge in [0.25, 0.3) is 0 Å². The van der Waals surface area contributed by atoms with Gasteiger partial charge in [0.1, 0.15) is 0 Å². The van der Waals surface area contributed by atoms with Crippen molar-refractivity contribution in [3.05, 3.63) is 41.1 Å². The Bertz CT molecular complexity index is 1140. The maximum atomic E-state index is 13.3. The zero-order chi connectivity index (χ0) is 21.8. The summed E-state index contributed by atoms with van der Waals surface area (Å²) in [5.41, 5.74) is 4.10. The van der Waals surface area contributed by atoms with E-state index in [1.54, 1.807) is 34.3 Å². The first kappa shape index (κ1) is 20.4. The van der Waals surface area contributed by atoms with E-state index in [1.807, 2.05) is 6.92 Å². The molecular formula is C22H27N5O3S. The van der Waals surface area contributed by atoms with Crippen LogP contribution in [0.5, 0.6) is 0 Å². The molecule has 0 saturated carbocycles. The average molecular weight is 442 g/mol. The molecule has 0 bridgehead atoms. The van der Waals surface area contributed by atoms with E-state index in [4.69, 9.17) is 0 Å². The Morgan fingerprint density at radius 1 is 1.03 bits per heavy atom. The van der Waals surface area contributed by atoms with Gasteiger partial charge in [0.2, 0.25) is 15.9 Å². The van der Waals surface area contributed by atoms with Crippen LogP contribution in [0.4, 0.5) is 11.5 Å². The molecule has 1 atom stereocenters. The molecule has 1 amide bonds. The molecule has 5 rings (SSSR count). The van der Waals surface area contributed by atoms with E-state index in [-0.39, 0.29) is 11.9 Å². The van der Waals surface area contributed by atoms with E-state index >= 15 is 0 Å². The van der Waals surface area contributed by atoms with Gasteiger partial charge in [0.15, 0.2) is 5.82 Å². The Balaban J connectivity index is 1.31. The number of nitrogens with zero attached hydrogens (tertiary/aromatic N) is 5. The third-order valence-electron chi connectivity index (χ3n) is 6.61. The van der Waals surface area contributed by atoms with Crippen molar-refractivity contribution in [2.75, 3.05) is 36.0 Å². The fourth-order valence-corrected chi connectivity index (χ4v) is 6.50. The molecule has 164 valence electrons. The minimum Gasteiger partial charge on any atom is -0.352 e. The predicted molar refractivity (Wildman–Crippen MR) is 118 cm³/mol. The fourth-order valence-electron chi connectivity index (χ4n) is 5.03. The van der Waals surface area contributed by atoms with Gasteiger partial charge < -0.3 is 9.80 Å². The van der Waals surface area contributed by atoms with Gasteiger partial charge >= 0.3 is 0 Å². The number of aryl methyl sites for hydroxylation is 2. The van der Waals surface area contributed by atoms with Crippen molar-refractivity contribution in [2.45, 2.75) is 50.5 Å². The molecule has 1 unspecified atom stereocenters. The van der Waals surface area contributed by atoms with E-state index in [0.717, 1.165) is 42.0 Å². The first-order valence-electron chi connectivity index (χ1n) is 10.9. The Hall–Kier alpha value is -2.52. The monoisotopic (exact) mass is 441 g/mol. The lowest BCUT2D eigenvalue weighted by atomic mass is 10.1. The normalized spacial score (nSPS) is 21.3. The van der Waals surface area contributed by atoms with E-state index in [2.05, 4.69) is 21.2 Å². The molecule has 2 aliphatic heterocycles. The van der Waals surface area contributed by atoms with Gasteiger partial charge in [-0.25, -0.2) is 8.42 Å². The zero-order valence-corrected chi connectivity index (χ0v) is 18.7. The van der Waals surface area contributed by atoms with E-state index < -0.39 is 10.0 Å². The number of amides is 1. The van der Waals surface area contributed by atoms with Crippen molar-refractivity contribution in [3.8, 4) is 0 Å². The summed E-state index contributed by atoms with van der Waals surface area (Å²) in [6.07, 6.45) is 3.84. The van der Waals surface area contributed by atoms with Crippen LogP contribution < -0.4 is 9.80 Å². The number of carbonyl (C=O) groups excluding carboxylic acids is 1. The number of benzene rings is 1. The lowest BCUT2D eigenvalue weighted by molar-refractivity contribution is -0.116. The molecule has 1 aliphatic carbocycles. The summed E-state index contributed by atoms with van der Waals surface area (Å²) in [4.78, 5) is 16.1. The van der Waals surface area contributed by atoms with Gasteiger partial charge in [-0.1, -0.05) is 0 Å². The maximum absolute atomic E-state index is 13.3. The molecule has 3 heterocycles. The molecule has 9 heteroatoms. The molecular weight excluding hydrogens is 414 g/mol. The lowest BCUT2D eigenvalue weighted by Crippen LogP contribution is -2.49. The van der Waals surface area contributed by atoms with Gasteiger partial charge in [-0.3, -0.25) is 4.79 Å². The van der Waals surface area contributed by atoms with Crippen LogP contribution in [0.3, 0.4) is 0 Å². The summed E-state index contributed by atoms with van der Waals surface area (Å²) in [5.74, 6) is 0.821. The topological polar surface area (TPSA) is 86.7 Å². The van der Waals surface area contributed by atoms with Crippen LogP contribution in [0, 0.1) is 0 Å². The molecule has 1 aromatic heterocycles. The van der Waals surface area contributed by atoms with Crippen LogP contribution in [-0.4, -0.2) is 61.0 Å². The molecule has 2 aromatic rings. The van der Waals surface area contributed by atoms with Gasteiger partial charge in [-0.05, 0) is 68.0 Å². The van der Waals surface area contributed by atoms with Crippen LogP contribution in [0.1, 0.15) is 37.1 Å². The summed E-state index contributed by atoms with van der Waals surface area (Å²) in [6.45, 7) is 5.53. The average Bonchev–Trinajstić information content (AvgIpc) is 3.35. The Kier molecular flexibility index (Phi) is 4.97. The van der Waals surface area contributed by atoms with Crippen LogP contribution in [0.2, 0.25) is 0 Å². The summed E-state index contributed by atoms with van der Waals surface area (Å²) >= 11 is 0. The Labute approximate surface area is 182 Å². The highest BCUT2D eigenvalue weighted by atomic mass is 32.2. The number of rotatable bonds is 3. The van der Waals surface area contributed by atoms with Crippen molar-refractivity contribution in [2.24, 2.45) is 0 Å². The number of sulfonamides is 1. The van der Waals surface area contributed by atoms with Crippen LogP contribution >= 0.6 is 0 Å². The second kappa shape index (κ2) is 7.56. The molecule has 1 saturated heterocycles. The molecule has 31 heavy (non-hydrogen) atoms. The van der Waals surface area contributed by atoms with Gasteiger partial charge in [-0.15, -0.1) is 5.10 Å².